The first kappa shape index (κ1) is 12.8. The summed E-state index contributed by atoms with van der Waals surface area (Å²) in [6.07, 6.45) is 1.33. The predicted octanol–water partition coefficient (Wildman–Crippen LogP) is 3.42. The van der Waals surface area contributed by atoms with Crippen molar-refractivity contribution in [2.75, 3.05) is 5.32 Å². The molecule has 0 spiro atoms. The van der Waals surface area contributed by atoms with Crippen molar-refractivity contribution >= 4 is 17.0 Å². The van der Waals surface area contributed by atoms with Crippen LogP contribution in [0.4, 0.5) is 5.69 Å². The summed E-state index contributed by atoms with van der Waals surface area (Å²) < 4.78 is 5.22. The van der Waals surface area contributed by atoms with Crippen LogP contribution in [0.3, 0.4) is 0 Å². The van der Waals surface area contributed by atoms with E-state index in [1.54, 1.807) is 11.3 Å². The summed E-state index contributed by atoms with van der Waals surface area (Å²) in [7, 11) is 0. The highest BCUT2D eigenvalue weighted by atomic mass is 32.1. The molecule has 2 heterocycles. The Morgan fingerprint density at radius 2 is 2.20 bits per heavy atom. The summed E-state index contributed by atoms with van der Waals surface area (Å²) >= 11 is 1.66. The van der Waals surface area contributed by atoms with E-state index in [0.717, 1.165) is 22.0 Å². The Balaban J connectivity index is 1.80. The number of nitrogens with one attached hydrogen (secondary N) is 1. The Labute approximate surface area is 120 Å². The summed E-state index contributed by atoms with van der Waals surface area (Å²) in [6.45, 7) is 4.78. The molecule has 1 aromatic carbocycles. The highest BCUT2D eigenvalue weighted by Gasteiger charge is 2.07. The van der Waals surface area contributed by atoms with E-state index in [0.29, 0.717) is 12.4 Å². The molecule has 3 rings (SSSR count). The summed E-state index contributed by atoms with van der Waals surface area (Å²) in [5.41, 5.74) is 4.17. The monoisotopic (exact) mass is 286 g/mol. The van der Waals surface area contributed by atoms with Crippen molar-refractivity contribution in [2.24, 2.45) is 0 Å². The van der Waals surface area contributed by atoms with Crippen molar-refractivity contribution in [1.29, 1.82) is 0 Å². The van der Waals surface area contributed by atoms with Crippen LogP contribution in [0.25, 0.3) is 11.5 Å². The van der Waals surface area contributed by atoms with Crippen molar-refractivity contribution in [1.82, 2.24) is 15.2 Å². The second-order valence-electron chi connectivity index (χ2n) is 4.48. The van der Waals surface area contributed by atoms with Gasteiger partial charge >= 0.3 is 0 Å². The van der Waals surface area contributed by atoms with Gasteiger partial charge in [-0.3, -0.25) is 0 Å². The molecule has 1 N–H and O–H groups in total. The van der Waals surface area contributed by atoms with Gasteiger partial charge in [0.2, 0.25) is 12.3 Å². The number of anilines is 1. The van der Waals surface area contributed by atoms with Gasteiger partial charge in [0.1, 0.15) is 0 Å². The Bertz CT molecular complexity index is 706. The van der Waals surface area contributed by atoms with Gasteiger partial charge in [0, 0.05) is 16.6 Å². The van der Waals surface area contributed by atoms with Crippen LogP contribution in [0.5, 0.6) is 0 Å². The predicted molar refractivity (Wildman–Crippen MR) is 78.6 cm³/mol. The van der Waals surface area contributed by atoms with E-state index < -0.39 is 0 Å². The first-order chi connectivity index (χ1) is 9.72. The van der Waals surface area contributed by atoms with Gasteiger partial charge in [0.15, 0.2) is 0 Å². The zero-order chi connectivity index (χ0) is 13.9. The Morgan fingerprint density at radius 3 is 2.90 bits per heavy atom. The molecule has 0 unspecified atom stereocenters. The zero-order valence-corrected chi connectivity index (χ0v) is 12.1. The topological polar surface area (TPSA) is 63.8 Å². The van der Waals surface area contributed by atoms with Crippen molar-refractivity contribution in [3.8, 4) is 11.5 Å². The molecule has 102 valence electrons. The van der Waals surface area contributed by atoms with E-state index in [9.17, 15) is 0 Å². The van der Waals surface area contributed by atoms with Crippen LogP contribution < -0.4 is 5.32 Å². The fraction of sp³-hybridized carbons (Fsp3) is 0.214. The highest BCUT2D eigenvalue weighted by molar-refractivity contribution is 7.09. The largest absolute Gasteiger partial charge is 0.423 e. The molecule has 5 nitrogen and oxygen atoms in total. The van der Waals surface area contributed by atoms with Gasteiger partial charge in [0.05, 0.1) is 17.2 Å². The summed E-state index contributed by atoms with van der Waals surface area (Å²) in [6, 6.07) is 6.03. The maximum absolute atomic E-state index is 5.22. The third-order valence-electron chi connectivity index (χ3n) is 2.97. The maximum atomic E-state index is 5.22. The lowest BCUT2D eigenvalue weighted by atomic mass is 10.1. The normalized spacial score (nSPS) is 10.7. The average molecular weight is 286 g/mol. The molecule has 0 aliphatic heterocycles. The number of benzene rings is 1. The van der Waals surface area contributed by atoms with Crippen LogP contribution in [0.2, 0.25) is 0 Å². The molecule has 2 aromatic heterocycles. The number of rotatable bonds is 4. The SMILES string of the molecule is Cc1nc(CNc2cc(-c3nnco3)ccc2C)cs1. The Kier molecular flexibility index (Phi) is 3.47. The molecule has 0 amide bonds. The maximum Gasteiger partial charge on any atom is 0.247 e. The lowest BCUT2D eigenvalue weighted by molar-refractivity contribution is 0.568. The van der Waals surface area contributed by atoms with Gasteiger partial charge in [-0.05, 0) is 31.5 Å². The lowest BCUT2D eigenvalue weighted by Gasteiger charge is -2.09. The van der Waals surface area contributed by atoms with Crippen LogP contribution in [-0.2, 0) is 6.54 Å². The first-order valence-electron chi connectivity index (χ1n) is 6.24. The van der Waals surface area contributed by atoms with Gasteiger partial charge in [-0.15, -0.1) is 21.5 Å². The minimum atomic E-state index is 0.526. The summed E-state index contributed by atoms with van der Waals surface area (Å²) in [5.74, 6) is 0.526. The molecule has 0 fully saturated rings. The van der Waals surface area contributed by atoms with Crippen molar-refractivity contribution < 1.29 is 4.42 Å². The Hall–Kier alpha value is -2.21. The van der Waals surface area contributed by atoms with Crippen LogP contribution in [-0.4, -0.2) is 15.2 Å². The average Bonchev–Trinajstić information content (AvgIpc) is 3.09. The van der Waals surface area contributed by atoms with Crippen LogP contribution in [0.15, 0.2) is 34.4 Å². The van der Waals surface area contributed by atoms with E-state index in [1.165, 1.54) is 12.0 Å². The molecular weight excluding hydrogens is 272 g/mol. The molecule has 0 aliphatic rings. The van der Waals surface area contributed by atoms with E-state index in [2.05, 4.69) is 32.8 Å². The standard InChI is InChI=1S/C14H14N4OS/c1-9-3-4-11(14-18-16-8-19-14)5-13(9)15-6-12-7-20-10(2)17-12/h3-5,7-8,15H,6H2,1-2H3. The van der Waals surface area contributed by atoms with Gasteiger partial charge in [-0.1, -0.05) is 6.07 Å². The fourth-order valence-electron chi connectivity index (χ4n) is 1.92. The lowest BCUT2D eigenvalue weighted by Crippen LogP contribution is -2.01. The molecule has 3 aromatic rings. The molecule has 0 bridgehead atoms. The number of aromatic nitrogens is 3. The van der Waals surface area contributed by atoms with Gasteiger partial charge < -0.3 is 9.73 Å². The second-order valence-corrected chi connectivity index (χ2v) is 5.55. The third kappa shape index (κ3) is 2.70. The van der Waals surface area contributed by atoms with Crippen molar-refractivity contribution in [3.05, 3.63) is 46.2 Å². The van der Waals surface area contributed by atoms with E-state index in [-0.39, 0.29) is 0 Å². The first-order valence-corrected chi connectivity index (χ1v) is 7.12. The van der Waals surface area contributed by atoms with Crippen LogP contribution >= 0.6 is 11.3 Å². The summed E-state index contributed by atoms with van der Waals surface area (Å²) in [5, 5.41) is 14.2. The second kappa shape index (κ2) is 5.42. The minimum absolute atomic E-state index is 0.526. The van der Waals surface area contributed by atoms with Crippen LogP contribution in [0, 0.1) is 13.8 Å². The van der Waals surface area contributed by atoms with Crippen molar-refractivity contribution in [2.45, 2.75) is 20.4 Å². The fourth-order valence-corrected chi connectivity index (χ4v) is 2.53. The molecule has 6 heteroatoms. The number of hydrogen-bond acceptors (Lipinski definition) is 6. The number of nitrogens with zero attached hydrogens (tertiary/aromatic N) is 3. The van der Waals surface area contributed by atoms with Gasteiger partial charge in [-0.25, -0.2) is 4.98 Å². The van der Waals surface area contributed by atoms with Gasteiger partial charge in [-0.2, -0.15) is 0 Å². The minimum Gasteiger partial charge on any atom is -0.423 e. The van der Waals surface area contributed by atoms with E-state index in [1.807, 2.05) is 25.1 Å². The molecule has 0 saturated carbocycles. The molecular formula is C14H14N4OS. The molecule has 0 saturated heterocycles. The molecule has 0 radical (unpaired) electrons. The zero-order valence-electron chi connectivity index (χ0n) is 11.3. The molecule has 0 aliphatic carbocycles. The third-order valence-corrected chi connectivity index (χ3v) is 3.79. The highest BCUT2D eigenvalue weighted by Crippen LogP contribution is 2.24. The quantitative estimate of drug-likeness (QED) is 0.796. The molecule has 0 atom stereocenters. The summed E-state index contributed by atoms with van der Waals surface area (Å²) in [4.78, 5) is 4.44. The number of hydrogen-bond donors (Lipinski definition) is 1. The Morgan fingerprint density at radius 1 is 1.30 bits per heavy atom. The smallest absolute Gasteiger partial charge is 0.247 e. The van der Waals surface area contributed by atoms with E-state index in [4.69, 9.17) is 4.42 Å². The van der Waals surface area contributed by atoms with Crippen molar-refractivity contribution in [3.63, 3.8) is 0 Å². The van der Waals surface area contributed by atoms with Gasteiger partial charge in [0.25, 0.3) is 0 Å². The number of aryl methyl sites for hydroxylation is 2. The van der Waals surface area contributed by atoms with E-state index >= 15 is 0 Å². The van der Waals surface area contributed by atoms with Crippen LogP contribution in [0.1, 0.15) is 16.3 Å². The molecule has 20 heavy (non-hydrogen) atoms. The number of thiazole rings is 1.